The number of aromatic amines is 1. The Morgan fingerprint density at radius 1 is 1.00 bits per heavy atom. The Kier molecular flexibility index (Phi) is 8.16. The van der Waals surface area contributed by atoms with Crippen molar-refractivity contribution >= 4 is 11.8 Å². The number of nitrogens with zero attached hydrogens (tertiary/aromatic N) is 3. The number of aromatic nitrogens is 2. The Morgan fingerprint density at radius 3 is 2.47 bits per heavy atom. The number of hydrogen-bond acceptors (Lipinski definition) is 5. The zero-order valence-corrected chi connectivity index (χ0v) is 18.1. The summed E-state index contributed by atoms with van der Waals surface area (Å²) in [6.45, 7) is 9.36. The van der Waals surface area contributed by atoms with Crippen LogP contribution < -0.4 is 5.32 Å². The molecule has 3 rings (SSSR count). The molecular formula is C23H33N5O2. The Balaban J connectivity index is 1.50. The van der Waals surface area contributed by atoms with Gasteiger partial charge in [-0.25, -0.2) is 4.98 Å². The highest BCUT2D eigenvalue weighted by atomic mass is 16.2. The molecule has 0 radical (unpaired) electrons. The number of fused-ring (bicyclic) bond motifs is 1. The van der Waals surface area contributed by atoms with Gasteiger partial charge in [-0.15, -0.1) is 0 Å². The molecule has 0 unspecified atom stereocenters. The van der Waals surface area contributed by atoms with Gasteiger partial charge in [0.15, 0.2) is 0 Å². The third kappa shape index (κ3) is 5.55. The van der Waals surface area contributed by atoms with Crippen LogP contribution >= 0.6 is 0 Å². The topological polar surface area (TPSA) is 81.3 Å². The molecule has 2 amide bonds. The predicted octanol–water partition coefficient (Wildman–Crippen LogP) is 3.20. The fourth-order valence-corrected chi connectivity index (χ4v) is 3.94. The lowest BCUT2D eigenvalue weighted by Crippen LogP contribution is -2.32. The maximum absolute atomic E-state index is 12.8. The van der Waals surface area contributed by atoms with Gasteiger partial charge in [0.1, 0.15) is 5.82 Å². The van der Waals surface area contributed by atoms with Crippen LogP contribution in [0.2, 0.25) is 0 Å². The molecule has 0 bridgehead atoms. The van der Waals surface area contributed by atoms with E-state index in [1.807, 2.05) is 12.1 Å². The molecule has 2 heterocycles. The lowest BCUT2D eigenvalue weighted by atomic mass is 10.1. The molecule has 1 aliphatic rings. The van der Waals surface area contributed by atoms with Crippen LogP contribution in [0.4, 0.5) is 0 Å². The quantitative estimate of drug-likeness (QED) is 0.391. The highest BCUT2D eigenvalue weighted by Gasteiger charge is 2.35. The van der Waals surface area contributed by atoms with E-state index < -0.39 is 0 Å². The van der Waals surface area contributed by atoms with E-state index in [4.69, 9.17) is 0 Å². The second kappa shape index (κ2) is 11.0. The summed E-state index contributed by atoms with van der Waals surface area (Å²) < 4.78 is 0. The molecular weight excluding hydrogens is 378 g/mol. The third-order valence-corrected chi connectivity index (χ3v) is 5.40. The van der Waals surface area contributed by atoms with Crippen LogP contribution in [-0.4, -0.2) is 57.8 Å². The maximum Gasteiger partial charge on any atom is 0.261 e. The summed E-state index contributed by atoms with van der Waals surface area (Å²) in [6, 6.07) is 5.54. The van der Waals surface area contributed by atoms with Crippen LogP contribution in [0, 0.1) is 0 Å². The number of H-pyrrole nitrogens is 1. The van der Waals surface area contributed by atoms with E-state index in [1.54, 1.807) is 18.5 Å². The van der Waals surface area contributed by atoms with Crippen LogP contribution in [0.5, 0.6) is 0 Å². The SMILES string of the molecule is CCCN(CCC)CCCCN1C(=O)c2ccc(CNCc3ncc[nH]3)cc2C1=O. The van der Waals surface area contributed by atoms with Gasteiger partial charge >= 0.3 is 0 Å². The van der Waals surface area contributed by atoms with Gasteiger partial charge in [0.25, 0.3) is 11.8 Å². The van der Waals surface area contributed by atoms with E-state index >= 15 is 0 Å². The van der Waals surface area contributed by atoms with Crippen LogP contribution in [0.1, 0.15) is 71.6 Å². The van der Waals surface area contributed by atoms with Crippen LogP contribution in [-0.2, 0) is 13.1 Å². The minimum absolute atomic E-state index is 0.163. The van der Waals surface area contributed by atoms with E-state index in [2.05, 4.69) is 34.0 Å². The number of carbonyl (C=O) groups is 2. The van der Waals surface area contributed by atoms with Gasteiger partial charge in [-0.3, -0.25) is 14.5 Å². The van der Waals surface area contributed by atoms with Crippen molar-refractivity contribution < 1.29 is 9.59 Å². The van der Waals surface area contributed by atoms with Crippen molar-refractivity contribution in [3.63, 3.8) is 0 Å². The lowest BCUT2D eigenvalue weighted by Gasteiger charge is -2.21. The van der Waals surface area contributed by atoms with Crippen LogP contribution in [0.25, 0.3) is 0 Å². The van der Waals surface area contributed by atoms with Gasteiger partial charge in [-0.05, 0) is 63.0 Å². The number of benzene rings is 1. The zero-order valence-electron chi connectivity index (χ0n) is 18.1. The molecule has 1 aromatic heterocycles. The summed E-state index contributed by atoms with van der Waals surface area (Å²) >= 11 is 0. The number of carbonyl (C=O) groups excluding carboxylic acids is 2. The first-order valence-corrected chi connectivity index (χ1v) is 11.0. The average molecular weight is 412 g/mol. The molecule has 0 atom stereocenters. The number of imide groups is 1. The first kappa shape index (κ1) is 22.2. The van der Waals surface area contributed by atoms with Gasteiger partial charge in [0.05, 0.1) is 17.7 Å². The van der Waals surface area contributed by atoms with Crippen molar-refractivity contribution in [2.75, 3.05) is 26.2 Å². The molecule has 1 aromatic carbocycles. The third-order valence-electron chi connectivity index (χ3n) is 5.40. The predicted molar refractivity (Wildman–Crippen MR) is 117 cm³/mol. The molecule has 0 spiro atoms. The molecule has 2 aromatic rings. The number of hydrogen-bond donors (Lipinski definition) is 2. The average Bonchev–Trinajstić information content (AvgIpc) is 3.34. The normalized spacial score (nSPS) is 13.5. The number of rotatable bonds is 13. The summed E-state index contributed by atoms with van der Waals surface area (Å²) in [5.74, 6) is 0.538. The number of amides is 2. The molecule has 0 saturated carbocycles. The zero-order chi connectivity index (χ0) is 21.3. The first-order chi connectivity index (χ1) is 14.6. The molecule has 0 fully saturated rings. The smallest absolute Gasteiger partial charge is 0.261 e. The fraction of sp³-hybridized carbons (Fsp3) is 0.522. The van der Waals surface area contributed by atoms with E-state index in [0.29, 0.717) is 30.8 Å². The monoisotopic (exact) mass is 411 g/mol. The lowest BCUT2D eigenvalue weighted by molar-refractivity contribution is 0.0650. The van der Waals surface area contributed by atoms with Crippen molar-refractivity contribution in [1.29, 1.82) is 0 Å². The Bertz CT molecular complexity index is 828. The summed E-state index contributed by atoms with van der Waals surface area (Å²) in [5.41, 5.74) is 2.03. The van der Waals surface area contributed by atoms with E-state index in [9.17, 15) is 9.59 Å². The number of imidazole rings is 1. The summed E-state index contributed by atoms with van der Waals surface area (Å²) in [5, 5.41) is 3.30. The van der Waals surface area contributed by atoms with Crippen LogP contribution in [0.3, 0.4) is 0 Å². The van der Waals surface area contributed by atoms with Gasteiger partial charge in [0.2, 0.25) is 0 Å². The highest BCUT2D eigenvalue weighted by Crippen LogP contribution is 2.24. The van der Waals surface area contributed by atoms with Gasteiger partial charge in [0, 0.05) is 25.5 Å². The van der Waals surface area contributed by atoms with Crippen molar-refractivity contribution in [3.05, 3.63) is 53.1 Å². The van der Waals surface area contributed by atoms with Gasteiger partial charge in [-0.1, -0.05) is 19.9 Å². The Labute approximate surface area is 178 Å². The van der Waals surface area contributed by atoms with Crippen molar-refractivity contribution in [2.24, 2.45) is 0 Å². The largest absolute Gasteiger partial charge is 0.348 e. The van der Waals surface area contributed by atoms with Gasteiger partial charge in [-0.2, -0.15) is 0 Å². The summed E-state index contributed by atoms with van der Waals surface area (Å²) in [7, 11) is 0. The number of unbranched alkanes of at least 4 members (excludes halogenated alkanes) is 1. The van der Waals surface area contributed by atoms with Gasteiger partial charge < -0.3 is 15.2 Å². The standard InChI is InChI=1S/C23H33N5O2/c1-3-11-27(12-4-2)13-5-6-14-28-22(29)19-8-7-18(15-20(19)23(28)30)16-24-17-21-25-9-10-26-21/h7-10,15,24H,3-6,11-14,16-17H2,1-2H3,(H,25,26). The van der Waals surface area contributed by atoms with Crippen molar-refractivity contribution in [2.45, 2.75) is 52.6 Å². The second-order valence-electron chi connectivity index (χ2n) is 7.83. The maximum atomic E-state index is 12.8. The van der Waals surface area contributed by atoms with Crippen molar-refractivity contribution in [3.8, 4) is 0 Å². The fourth-order valence-electron chi connectivity index (χ4n) is 3.94. The Hall–Kier alpha value is -2.51. The molecule has 30 heavy (non-hydrogen) atoms. The molecule has 0 aliphatic carbocycles. The van der Waals surface area contributed by atoms with E-state index in [-0.39, 0.29) is 11.8 Å². The summed E-state index contributed by atoms with van der Waals surface area (Å²) in [4.78, 5) is 36.6. The molecule has 0 saturated heterocycles. The minimum Gasteiger partial charge on any atom is -0.348 e. The Morgan fingerprint density at radius 2 is 1.77 bits per heavy atom. The molecule has 1 aliphatic heterocycles. The van der Waals surface area contributed by atoms with E-state index in [1.165, 1.54) is 4.90 Å². The highest BCUT2D eigenvalue weighted by molar-refractivity contribution is 6.21. The minimum atomic E-state index is -0.165. The van der Waals surface area contributed by atoms with E-state index in [0.717, 1.165) is 56.7 Å². The van der Waals surface area contributed by atoms with Crippen LogP contribution in [0.15, 0.2) is 30.6 Å². The van der Waals surface area contributed by atoms with Crippen molar-refractivity contribution in [1.82, 2.24) is 25.1 Å². The molecule has 7 heteroatoms. The molecule has 2 N–H and O–H groups in total. The first-order valence-electron chi connectivity index (χ1n) is 11.0. The second-order valence-corrected chi connectivity index (χ2v) is 7.83. The molecule has 162 valence electrons. The number of nitrogens with one attached hydrogen (secondary N) is 2. The molecule has 7 nitrogen and oxygen atoms in total. The summed E-state index contributed by atoms with van der Waals surface area (Å²) in [6.07, 6.45) is 7.64.